The summed E-state index contributed by atoms with van der Waals surface area (Å²) in [5.74, 6) is 0.589. The third kappa shape index (κ3) is 53.4. The highest BCUT2D eigenvalue weighted by Crippen LogP contribution is 2.45. The molecule has 5 atom stereocenters. The van der Waals surface area contributed by atoms with E-state index in [0.29, 0.717) is 43.4 Å². The molecule has 0 aliphatic rings. The van der Waals surface area contributed by atoms with Gasteiger partial charge in [0.25, 0.3) is 0 Å². The zero-order chi connectivity index (χ0) is 58.3. The van der Waals surface area contributed by atoms with Crippen LogP contribution >= 0.6 is 15.6 Å². The Hall–Kier alpha value is -1.94. The van der Waals surface area contributed by atoms with Crippen molar-refractivity contribution >= 4 is 39.5 Å². The monoisotopic (exact) mass is 1160 g/mol. The lowest BCUT2D eigenvalue weighted by atomic mass is 10.0. The van der Waals surface area contributed by atoms with E-state index in [1.807, 2.05) is 0 Å². The molecule has 0 aliphatic carbocycles. The van der Waals surface area contributed by atoms with Gasteiger partial charge >= 0.3 is 39.5 Å². The van der Waals surface area contributed by atoms with Gasteiger partial charge in [0, 0.05) is 25.7 Å². The molecule has 462 valence electrons. The number of phosphoric ester groups is 2. The Bertz CT molecular complexity index is 1580. The van der Waals surface area contributed by atoms with Crippen molar-refractivity contribution in [1.82, 2.24) is 0 Å². The molecule has 0 aliphatic heterocycles. The van der Waals surface area contributed by atoms with Crippen LogP contribution in [-0.2, 0) is 65.4 Å². The number of hydrogen-bond donors (Lipinski definition) is 3. The fraction of sp³-hybridized carbons (Fsp3) is 0.932. The molecule has 0 aromatic rings. The summed E-state index contributed by atoms with van der Waals surface area (Å²) in [4.78, 5) is 71.8. The molecule has 2 unspecified atom stereocenters. The molecule has 0 saturated heterocycles. The van der Waals surface area contributed by atoms with Gasteiger partial charge in [0.15, 0.2) is 12.2 Å². The van der Waals surface area contributed by atoms with Crippen LogP contribution in [0.2, 0.25) is 0 Å². The number of carbonyl (C=O) groups excluding carboxylic acids is 4. The largest absolute Gasteiger partial charge is 0.472 e. The Kier molecular flexibility index (Phi) is 48.4. The number of carbonyl (C=O) groups is 4. The molecule has 0 heterocycles. The average molecular weight is 1160 g/mol. The fourth-order valence-electron chi connectivity index (χ4n) is 8.55. The maximum Gasteiger partial charge on any atom is 0.472 e. The van der Waals surface area contributed by atoms with E-state index in [4.69, 9.17) is 37.0 Å². The number of hydrogen-bond acceptors (Lipinski definition) is 15. The molecule has 0 saturated carbocycles. The molecule has 0 aromatic heterocycles. The van der Waals surface area contributed by atoms with Crippen molar-refractivity contribution in [2.24, 2.45) is 23.7 Å². The molecular weight excluding hydrogens is 1040 g/mol. The van der Waals surface area contributed by atoms with Gasteiger partial charge in [-0.3, -0.25) is 37.3 Å². The molecule has 17 nitrogen and oxygen atoms in total. The summed E-state index contributed by atoms with van der Waals surface area (Å²) >= 11 is 0. The van der Waals surface area contributed by atoms with E-state index in [-0.39, 0.29) is 25.7 Å². The maximum atomic E-state index is 12.9. The summed E-state index contributed by atoms with van der Waals surface area (Å²) in [6.45, 7) is 13.7. The predicted molar refractivity (Wildman–Crippen MR) is 307 cm³/mol. The van der Waals surface area contributed by atoms with Crippen LogP contribution in [0.25, 0.3) is 0 Å². The first-order valence-corrected chi connectivity index (χ1v) is 33.7. The summed E-state index contributed by atoms with van der Waals surface area (Å²) in [6, 6.07) is 0. The molecule has 0 bridgehead atoms. The fourth-order valence-corrected chi connectivity index (χ4v) is 10.1. The molecule has 19 heteroatoms. The maximum absolute atomic E-state index is 12.9. The molecule has 3 N–H and O–H groups in total. The smallest absolute Gasteiger partial charge is 0.462 e. The summed E-state index contributed by atoms with van der Waals surface area (Å²) < 4.78 is 67.7. The number of rotatable bonds is 56. The Morgan fingerprint density at radius 3 is 0.795 bits per heavy atom. The van der Waals surface area contributed by atoms with Crippen molar-refractivity contribution in [3.8, 4) is 0 Å². The van der Waals surface area contributed by atoms with E-state index in [1.165, 1.54) is 70.6 Å². The van der Waals surface area contributed by atoms with Crippen molar-refractivity contribution in [1.29, 1.82) is 0 Å². The average Bonchev–Trinajstić information content (AvgIpc) is 3.36. The minimum Gasteiger partial charge on any atom is -0.462 e. The first kappa shape index (κ1) is 76.1. The van der Waals surface area contributed by atoms with Gasteiger partial charge in [-0.15, -0.1) is 0 Å². The van der Waals surface area contributed by atoms with Gasteiger partial charge in [0.1, 0.15) is 19.3 Å². The number of unbranched alkanes of at least 4 members (excludes halogenated alkanes) is 22. The summed E-state index contributed by atoms with van der Waals surface area (Å²) in [7, 11) is -9.88. The van der Waals surface area contributed by atoms with E-state index >= 15 is 0 Å². The SMILES string of the molecule is CC(C)CCCCCCCCCCC(=O)OC[C@H](COP(=O)(O)OC[C@@H](O)COP(=O)(O)OC[C@@H](COC(=O)CCCCCCCCC(C)C)OC(=O)CCCCCCCCC(C)C)OC(=O)CCCCCCCCC(C)C. The van der Waals surface area contributed by atoms with Crippen molar-refractivity contribution in [3.05, 3.63) is 0 Å². The van der Waals surface area contributed by atoms with Crippen LogP contribution in [0.3, 0.4) is 0 Å². The number of esters is 4. The first-order chi connectivity index (χ1) is 37.1. The second kappa shape index (κ2) is 49.7. The van der Waals surface area contributed by atoms with Crippen molar-refractivity contribution < 1.29 is 80.2 Å². The van der Waals surface area contributed by atoms with Crippen LogP contribution in [0.1, 0.15) is 274 Å². The van der Waals surface area contributed by atoms with Crippen LogP contribution in [-0.4, -0.2) is 96.7 Å². The topological polar surface area (TPSA) is 237 Å². The van der Waals surface area contributed by atoms with Crippen molar-refractivity contribution in [3.63, 3.8) is 0 Å². The number of ether oxygens (including phenoxy) is 4. The van der Waals surface area contributed by atoms with Crippen LogP contribution in [0.5, 0.6) is 0 Å². The van der Waals surface area contributed by atoms with Gasteiger partial charge in [-0.2, -0.15) is 0 Å². The van der Waals surface area contributed by atoms with E-state index in [9.17, 15) is 43.2 Å². The highest BCUT2D eigenvalue weighted by atomic mass is 31.2. The molecule has 0 spiro atoms. The second-order valence-electron chi connectivity index (χ2n) is 23.3. The second-order valence-corrected chi connectivity index (χ2v) is 26.2. The van der Waals surface area contributed by atoms with Crippen molar-refractivity contribution in [2.75, 3.05) is 39.6 Å². The minimum absolute atomic E-state index is 0.100. The lowest BCUT2D eigenvalue weighted by molar-refractivity contribution is -0.161. The normalized spacial score (nSPS) is 14.6. The van der Waals surface area contributed by atoms with Gasteiger partial charge < -0.3 is 33.8 Å². The molecule has 0 amide bonds. The van der Waals surface area contributed by atoms with E-state index in [2.05, 4.69) is 55.4 Å². The Morgan fingerprint density at radius 2 is 0.538 bits per heavy atom. The van der Waals surface area contributed by atoms with Gasteiger partial charge in [-0.1, -0.05) is 222 Å². The number of phosphoric acid groups is 2. The van der Waals surface area contributed by atoms with Gasteiger partial charge in [-0.05, 0) is 49.4 Å². The van der Waals surface area contributed by atoms with Gasteiger partial charge in [-0.25, -0.2) is 9.13 Å². The summed E-state index contributed by atoms with van der Waals surface area (Å²) in [6.07, 6.45) is 27.2. The first-order valence-electron chi connectivity index (χ1n) is 30.7. The molecule has 0 aromatic carbocycles. The van der Waals surface area contributed by atoms with Gasteiger partial charge in [0.05, 0.1) is 26.4 Å². The Morgan fingerprint density at radius 1 is 0.321 bits per heavy atom. The third-order valence-corrected chi connectivity index (χ3v) is 15.2. The van der Waals surface area contributed by atoms with Crippen molar-refractivity contribution in [2.45, 2.75) is 292 Å². The van der Waals surface area contributed by atoms with Crippen LogP contribution in [0.4, 0.5) is 0 Å². The van der Waals surface area contributed by atoms with Crippen LogP contribution in [0, 0.1) is 23.7 Å². The summed E-state index contributed by atoms with van der Waals surface area (Å²) in [5.41, 5.74) is 0. The molecule has 0 rings (SSSR count). The van der Waals surface area contributed by atoms with Gasteiger partial charge in [0.2, 0.25) is 0 Å². The molecule has 78 heavy (non-hydrogen) atoms. The zero-order valence-electron chi connectivity index (χ0n) is 50.3. The summed E-state index contributed by atoms with van der Waals surface area (Å²) in [5, 5.41) is 10.5. The standard InChI is InChI=1S/C59H114O17P2/c1-49(2)35-27-19-11-9-10-12-23-31-39-56(61)69-45-54(75-58(63)41-33-25-17-14-21-29-37-51(5)6)47-73-77(65,66)71-43-53(60)44-72-78(67,68)74-48-55(76-59(64)42-34-26-18-15-22-30-38-52(7)8)46-70-57(62)40-32-24-16-13-20-28-36-50(3)4/h49-55,60H,9-48H2,1-8H3,(H,65,66)(H,67,68)/t53-,54-,55-/m1/s1. The van der Waals surface area contributed by atoms with E-state index < -0.39 is 97.5 Å². The molecular formula is C59H114O17P2. The number of aliphatic hydroxyl groups excluding tert-OH is 1. The molecule has 0 fully saturated rings. The molecule has 0 radical (unpaired) electrons. The zero-order valence-corrected chi connectivity index (χ0v) is 52.1. The lowest BCUT2D eigenvalue weighted by Gasteiger charge is -2.21. The quantitative estimate of drug-likeness (QED) is 0.0222. The Balaban J connectivity index is 5.23. The minimum atomic E-state index is -4.94. The van der Waals surface area contributed by atoms with E-state index in [1.54, 1.807) is 0 Å². The van der Waals surface area contributed by atoms with E-state index in [0.717, 1.165) is 102 Å². The predicted octanol–water partition coefficient (Wildman–Crippen LogP) is 15.4. The highest BCUT2D eigenvalue weighted by molar-refractivity contribution is 7.47. The Labute approximate surface area is 473 Å². The lowest BCUT2D eigenvalue weighted by Crippen LogP contribution is -2.30. The third-order valence-electron chi connectivity index (χ3n) is 13.3. The van der Waals surface area contributed by atoms with Crippen LogP contribution in [0.15, 0.2) is 0 Å². The number of aliphatic hydroxyl groups is 1. The van der Waals surface area contributed by atoms with Crippen LogP contribution < -0.4 is 0 Å². The highest BCUT2D eigenvalue weighted by Gasteiger charge is 2.30.